The molecule has 3 N–H and O–H groups in total. The number of anilines is 2. The van der Waals surface area contributed by atoms with Crippen LogP contribution in [0.3, 0.4) is 0 Å². The second kappa shape index (κ2) is 10.4. The second-order valence-electron chi connectivity index (χ2n) is 7.78. The number of aromatic nitrogens is 3. The fourth-order valence-corrected chi connectivity index (χ4v) is 4.26. The van der Waals surface area contributed by atoms with Crippen molar-refractivity contribution < 1.29 is 31.6 Å². The van der Waals surface area contributed by atoms with Crippen LogP contribution in [0.15, 0.2) is 53.8 Å². The van der Waals surface area contributed by atoms with E-state index < -0.39 is 46.6 Å². The number of rotatable bonds is 9. The molecule has 0 amide bonds. The molecule has 4 aromatic rings. The number of ether oxygens (including phenoxy) is 1. The summed E-state index contributed by atoms with van der Waals surface area (Å²) in [5.74, 6) is -3.18. The molecule has 2 heterocycles. The highest BCUT2D eigenvalue weighted by Crippen LogP contribution is 2.30. The highest BCUT2D eigenvalue weighted by Gasteiger charge is 2.27. The molecule has 36 heavy (non-hydrogen) atoms. The third-order valence-corrected chi connectivity index (χ3v) is 6.03. The Balaban J connectivity index is 1.65. The Morgan fingerprint density at radius 3 is 2.50 bits per heavy atom. The van der Waals surface area contributed by atoms with Gasteiger partial charge in [-0.15, -0.1) is 0 Å². The molecule has 188 valence electrons. The van der Waals surface area contributed by atoms with Gasteiger partial charge in [-0.1, -0.05) is 0 Å². The van der Waals surface area contributed by atoms with Gasteiger partial charge in [0.15, 0.2) is 10.7 Å². The van der Waals surface area contributed by atoms with Gasteiger partial charge in [0.1, 0.15) is 46.4 Å². The van der Waals surface area contributed by atoms with Gasteiger partial charge < -0.3 is 19.6 Å². The van der Waals surface area contributed by atoms with Crippen molar-refractivity contribution >= 4 is 39.7 Å². The maximum atomic E-state index is 15.4. The lowest BCUT2D eigenvalue weighted by atomic mass is 10.0. The molecular formula is C23H19F4N5O3S. The summed E-state index contributed by atoms with van der Waals surface area (Å²) in [4.78, 5) is 24.4. The SMILES string of the molecule is CC(C)Nc1ncnc2[nH]cc(C(=O)c3c(F)ccc(N[S+]([O-])c4ccc(OC(F)F)cc4)c3F)c12. The third-order valence-electron chi connectivity index (χ3n) is 4.92. The minimum atomic E-state index is -3.02. The van der Waals surface area contributed by atoms with Crippen LogP contribution in [0.4, 0.5) is 29.1 Å². The minimum absolute atomic E-state index is 0.0482. The summed E-state index contributed by atoms with van der Waals surface area (Å²) in [7, 11) is 0. The molecule has 0 radical (unpaired) electrons. The maximum Gasteiger partial charge on any atom is 0.387 e. The van der Waals surface area contributed by atoms with E-state index in [2.05, 4.69) is 29.7 Å². The average molecular weight is 521 g/mol. The second-order valence-corrected chi connectivity index (χ2v) is 8.99. The number of carbonyl (C=O) groups is 1. The van der Waals surface area contributed by atoms with E-state index in [9.17, 15) is 22.5 Å². The van der Waals surface area contributed by atoms with Gasteiger partial charge in [-0.05, 0) is 50.2 Å². The Bertz CT molecular complexity index is 1400. The summed E-state index contributed by atoms with van der Waals surface area (Å²) in [6.45, 7) is 0.691. The molecule has 0 aliphatic carbocycles. The Kier molecular flexibility index (Phi) is 7.31. The van der Waals surface area contributed by atoms with Gasteiger partial charge in [-0.25, -0.2) is 23.5 Å². The molecule has 0 aliphatic heterocycles. The summed E-state index contributed by atoms with van der Waals surface area (Å²) in [6, 6.07) is 6.63. The maximum absolute atomic E-state index is 15.4. The zero-order chi connectivity index (χ0) is 26.0. The van der Waals surface area contributed by atoms with E-state index >= 15 is 4.39 Å². The number of ketones is 1. The van der Waals surface area contributed by atoms with E-state index in [1.807, 2.05) is 13.8 Å². The molecule has 0 saturated carbocycles. The van der Waals surface area contributed by atoms with Crippen molar-refractivity contribution in [3.8, 4) is 5.75 Å². The number of fused-ring (bicyclic) bond motifs is 1. The summed E-state index contributed by atoms with van der Waals surface area (Å²) in [5, 5.41) is 3.33. The zero-order valence-electron chi connectivity index (χ0n) is 18.8. The van der Waals surface area contributed by atoms with E-state index in [0.29, 0.717) is 11.5 Å². The first-order valence-corrected chi connectivity index (χ1v) is 11.6. The number of aromatic amines is 1. The molecule has 2 aromatic carbocycles. The Hall–Kier alpha value is -3.84. The van der Waals surface area contributed by atoms with Crippen molar-refractivity contribution in [3.63, 3.8) is 0 Å². The molecule has 2 aromatic heterocycles. The van der Waals surface area contributed by atoms with E-state index in [0.717, 1.165) is 12.1 Å². The first-order chi connectivity index (χ1) is 17.2. The number of carbonyl (C=O) groups excluding carboxylic acids is 1. The van der Waals surface area contributed by atoms with Gasteiger partial charge in [-0.2, -0.15) is 8.78 Å². The fraction of sp³-hybridized carbons (Fsp3) is 0.174. The van der Waals surface area contributed by atoms with Crippen LogP contribution in [0.1, 0.15) is 29.8 Å². The number of H-pyrrole nitrogens is 1. The van der Waals surface area contributed by atoms with Crippen LogP contribution in [0.5, 0.6) is 5.75 Å². The normalized spacial score (nSPS) is 12.2. The monoisotopic (exact) mass is 521 g/mol. The lowest BCUT2D eigenvalue weighted by molar-refractivity contribution is -0.0498. The lowest BCUT2D eigenvalue weighted by Crippen LogP contribution is -2.17. The average Bonchev–Trinajstić information content (AvgIpc) is 3.26. The minimum Gasteiger partial charge on any atom is -0.588 e. The summed E-state index contributed by atoms with van der Waals surface area (Å²) < 4.78 is 73.9. The molecule has 0 saturated heterocycles. The highest BCUT2D eigenvalue weighted by atomic mass is 32.2. The number of nitrogens with zero attached hydrogens (tertiary/aromatic N) is 2. The molecule has 1 atom stereocenters. The first-order valence-electron chi connectivity index (χ1n) is 10.5. The van der Waals surface area contributed by atoms with Crippen molar-refractivity contribution in [3.05, 3.63) is 71.7 Å². The number of nitrogens with one attached hydrogen (secondary N) is 3. The standard InChI is InChI=1S/C23H19F4N5O3S/c1-11(2)31-22-17-14(9-28-21(17)29-10-30-22)20(33)18-15(24)7-8-16(19(18)25)32-36(34)13-5-3-12(4-6-13)35-23(26)27/h3-11,23,32H,1-2H3,(H2,28,29,30,31). The van der Waals surface area contributed by atoms with Crippen molar-refractivity contribution in [1.29, 1.82) is 0 Å². The summed E-state index contributed by atoms with van der Waals surface area (Å²) >= 11 is -2.07. The quantitative estimate of drug-likeness (QED) is 0.161. The Morgan fingerprint density at radius 2 is 1.83 bits per heavy atom. The van der Waals surface area contributed by atoms with Gasteiger partial charge in [0, 0.05) is 12.2 Å². The van der Waals surface area contributed by atoms with Crippen molar-refractivity contribution in [1.82, 2.24) is 15.0 Å². The topological polar surface area (TPSA) is 115 Å². The van der Waals surface area contributed by atoms with E-state index in [1.165, 1.54) is 36.8 Å². The predicted octanol–water partition coefficient (Wildman–Crippen LogP) is 5.02. The fourth-order valence-electron chi connectivity index (χ4n) is 3.40. The van der Waals surface area contributed by atoms with Crippen LogP contribution in [0.25, 0.3) is 11.0 Å². The predicted molar refractivity (Wildman–Crippen MR) is 126 cm³/mol. The highest BCUT2D eigenvalue weighted by molar-refractivity contribution is 7.92. The lowest BCUT2D eigenvalue weighted by Gasteiger charge is -2.14. The largest absolute Gasteiger partial charge is 0.588 e. The van der Waals surface area contributed by atoms with Crippen LogP contribution in [-0.4, -0.2) is 37.9 Å². The molecule has 13 heteroatoms. The van der Waals surface area contributed by atoms with E-state index in [-0.39, 0.29) is 27.6 Å². The van der Waals surface area contributed by atoms with Gasteiger partial charge in [0.05, 0.1) is 16.5 Å². The molecule has 1 unspecified atom stereocenters. The summed E-state index contributed by atoms with van der Waals surface area (Å²) in [5.41, 5.74) is -1.02. The van der Waals surface area contributed by atoms with Gasteiger partial charge in [-0.3, -0.25) is 4.79 Å². The summed E-state index contributed by atoms with van der Waals surface area (Å²) in [6.07, 6.45) is 2.57. The third kappa shape index (κ3) is 5.21. The van der Waals surface area contributed by atoms with Crippen molar-refractivity contribution in [2.45, 2.75) is 31.4 Å². The molecule has 4 rings (SSSR count). The molecule has 8 nitrogen and oxygen atoms in total. The van der Waals surface area contributed by atoms with Gasteiger partial charge >= 0.3 is 6.61 Å². The van der Waals surface area contributed by atoms with Gasteiger partial charge in [0.2, 0.25) is 5.78 Å². The van der Waals surface area contributed by atoms with E-state index in [1.54, 1.807) is 0 Å². The van der Waals surface area contributed by atoms with Crippen molar-refractivity contribution in [2.75, 3.05) is 10.0 Å². The van der Waals surface area contributed by atoms with Gasteiger partial charge in [0.25, 0.3) is 0 Å². The van der Waals surface area contributed by atoms with Crippen molar-refractivity contribution in [2.24, 2.45) is 0 Å². The van der Waals surface area contributed by atoms with E-state index in [4.69, 9.17) is 0 Å². The number of benzene rings is 2. The Morgan fingerprint density at radius 1 is 1.11 bits per heavy atom. The number of hydrogen-bond acceptors (Lipinski definition) is 7. The number of hydrogen-bond donors (Lipinski definition) is 3. The van der Waals surface area contributed by atoms with Crippen LogP contribution in [0.2, 0.25) is 0 Å². The molecule has 0 aliphatic rings. The van der Waals surface area contributed by atoms with Crippen LogP contribution in [0, 0.1) is 11.6 Å². The Labute approximate surface area is 205 Å². The van der Waals surface area contributed by atoms with Crippen LogP contribution < -0.4 is 14.8 Å². The first kappa shape index (κ1) is 25.3. The molecule has 0 fully saturated rings. The molecule has 0 spiro atoms. The van der Waals surface area contributed by atoms with Crippen LogP contribution >= 0.6 is 0 Å². The molecular weight excluding hydrogens is 502 g/mol. The molecule has 0 bridgehead atoms. The smallest absolute Gasteiger partial charge is 0.387 e. The zero-order valence-corrected chi connectivity index (χ0v) is 19.6. The number of halogens is 4. The number of alkyl halides is 2. The van der Waals surface area contributed by atoms with Crippen LogP contribution in [-0.2, 0) is 11.4 Å².